The maximum atomic E-state index is 13.4. The van der Waals surface area contributed by atoms with Gasteiger partial charge in [-0.15, -0.1) is 0 Å². The van der Waals surface area contributed by atoms with E-state index < -0.39 is 6.04 Å². The largest absolute Gasteiger partial charge is 0.494 e. The summed E-state index contributed by atoms with van der Waals surface area (Å²) in [4.78, 5) is 17.7. The summed E-state index contributed by atoms with van der Waals surface area (Å²) in [6.45, 7) is 1.82. The van der Waals surface area contributed by atoms with Gasteiger partial charge < -0.3 is 26.3 Å². The molecule has 0 aliphatic heterocycles. The fourth-order valence-corrected chi connectivity index (χ4v) is 5.14. The van der Waals surface area contributed by atoms with E-state index in [1.807, 2.05) is 103 Å². The molecule has 0 radical (unpaired) electrons. The lowest BCUT2D eigenvalue weighted by molar-refractivity contribution is -0.122. The Labute approximate surface area is 261 Å². The van der Waals surface area contributed by atoms with Crippen LogP contribution in [0.1, 0.15) is 61.1 Å². The molecule has 44 heavy (non-hydrogen) atoms. The van der Waals surface area contributed by atoms with E-state index in [9.17, 15) is 4.79 Å². The van der Waals surface area contributed by atoms with Gasteiger partial charge in [0.15, 0.2) is 5.96 Å². The molecule has 4 aromatic carbocycles. The van der Waals surface area contributed by atoms with Gasteiger partial charge in [-0.3, -0.25) is 4.79 Å². The summed E-state index contributed by atoms with van der Waals surface area (Å²) in [7, 11) is 0. The topological polar surface area (TPSA) is 112 Å². The lowest BCUT2D eigenvalue weighted by Crippen LogP contribution is -2.40. The van der Waals surface area contributed by atoms with E-state index in [0.29, 0.717) is 19.8 Å². The first-order chi connectivity index (χ1) is 21.6. The molecule has 0 fully saturated rings. The molecule has 1 unspecified atom stereocenters. The smallest absolute Gasteiger partial charge is 0.245 e. The van der Waals surface area contributed by atoms with Crippen molar-refractivity contribution in [3.63, 3.8) is 0 Å². The minimum absolute atomic E-state index is 0.101. The standard InChI is InChI=1S/C37H44N4O3/c38-37(39)41-35(34(30-18-10-6-11-19-30)31-20-12-7-13-21-31)36(42)40-26-14-3-1-2-4-15-27-43-32-22-24-33(25-23-32)44-28-29-16-8-5-9-17-29/h5-13,16-25,34-35H,1-4,14-15,26-28H2,(H,40,42)(H4,38,39,41). The Bertz CT molecular complexity index is 1350. The zero-order valence-electron chi connectivity index (χ0n) is 25.3. The van der Waals surface area contributed by atoms with Crippen molar-refractivity contribution in [2.45, 2.75) is 57.1 Å². The van der Waals surface area contributed by atoms with Gasteiger partial charge in [0.2, 0.25) is 5.91 Å². The fourth-order valence-electron chi connectivity index (χ4n) is 5.14. The van der Waals surface area contributed by atoms with Gasteiger partial charge in [-0.25, -0.2) is 4.99 Å². The van der Waals surface area contributed by atoms with Crippen LogP contribution in [0.5, 0.6) is 11.5 Å². The molecule has 0 bridgehead atoms. The molecular weight excluding hydrogens is 548 g/mol. The van der Waals surface area contributed by atoms with Crippen molar-refractivity contribution in [2.24, 2.45) is 16.5 Å². The van der Waals surface area contributed by atoms with Gasteiger partial charge in [0.25, 0.3) is 0 Å². The van der Waals surface area contributed by atoms with Gasteiger partial charge in [-0.05, 0) is 53.8 Å². The Hall–Kier alpha value is -4.78. The Kier molecular flexibility index (Phi) is 13.2. The minimum atomic E-state index is -0.761. The molecule has 0 aliphatic rings. The molecule has 230 valence electrons. The van der Waals surface area contributed by atoms with Crippen LogP contribution >= 0.6 is 0 Å². The molecule has 1 atom stereocenters. The van der Waals surface area contributed by atoms with Crippen LogP contribution in [0.3, 0.4) is 0 Å². The summed E-state index contributed by atoms with van der Waals surface area (Å²) in [6.07, 6.45) is 6.29. The molecule has 0 heterocycles. The second kappa shape index (κ2) is 18.0. The van der Waals surface area contributed by atoms with Crippen LogP contribution in [0.4, 0.5) is 0 Å². The second-order valence-corrected chi connectivity index (χ2v) is 10.8. The van der Waals surface area contributed by atoms with Crippen molar-refractivity contribution in [1.82, 2.24) is 5.32 Å². The molecule has 7 nitrogen and oxygen atoms in total. The van der Waals surface area contributed by atoms with Gasteiger partial charge in [-0.2, -0.15) is 0 Å². The number of nitrogens with two attached hydrogens (primary N) is 2. The molecule has 0 saturated carbocycles. The first kappa shape index (κ1) is 32.1. The Morgan fingerprint density at radius 2 is 1.14 bits per heavy atom. The predicted molar refractivity (Wildman–Crippen MR) is 178 cm³/mol. The van der Waals surface area contributed by atoms with Crippen LogP contribution in [-0.4, -0.2) is 31.1 Å². The van der Waals surface area contributed by atoms with E-state index >= 15 is 0 Å². The summed E-state index contributed by atoms with van der Waals surface area (Å²) in [6, 6.07) is 36.9. The molecule has 0 aliphatic carbocycles. The van der Waals surface area contributed by atoms with Crippen molar-refractivity contribution in [2.75, 3.05) is 13.2 Å². The average Bonchev–Trinajstić information content (AvgIpc) is 3.06. The van der Waals surface area contributed by atoms with E-state index in [0.717, 1.165) is 66.7 Å². The van der Waals surface area contributed by atoms with Gasteiger partial charge in [0, 0.05) is 12.5 Å². The third-order valence-corrected chi connectivity index (χ3v) is 7.40. The number of rotatable bonds is 18. The van der Waals surface area contributed by atoms with Crippen molar-refractivity contribution >= 4 is 11.9 Å². The molecule has 1 amide bonds. The monoisotopic (exact) mass is 592 g/mol. The highest BCUT2D eigenvalue weighted by molar-refractivity contribution is 5.87. The fraction of sp³-hybridized carbons (Fsp3) is 0.297. The lowest BCUT2D eigenvalue weighted by Gasteiger charge is -2.25. The Morgan fingerprint density at radius 1 is 0.636 bits per heavy atom. The number of hydrogen-bond acceptors (Lipinski definition) is 4. The SMILES string of the molecule is NC(N)=NC(C(=O)NCCCCCCCCOc1ccc(OCc2ccccc2)cc1)C(c1ccccc1)c1ccccc1. The molecule has 5 N–H and O–H groups in total. The predicted octanol–water partition coefficient (Wildman–Crippen LogP) is 6.58. The number of unbranched alkanes of at least 4 members (excludes halogenated alkanes) is 5. The van der Waals surface area contributed by atoms with E-state index in [2.05, 4.69) is 22.4 Å². The Morgan fingerprint density at radius 3 is 1.70 bits per heavy atom. The third kappa shape index (κ3) is 10.8. The maximum Gasteiger partial charge on any atom is 0.245 e. The van der Waals surface area contributed by atoms with E-state index in [-0.39, 0.29) is 17.8 Å². The molecule has 4 aromatic rings. The normalized spacial score (nSPS) is 11.5. The van der Waals surface area contributed by atoms with Crippen LogP contribution < -0.4 is 26.3 Å². The number of carbonyl (C=O) groups excluding carboxylic acids is 1. The summed E-state index contributed by atoms with van der Waals surface area (Å²) in [5.74, 6) is 1.11. The highest BCUT2D eigenvalue weighted by Gasteiger charge is 2.30. The van der Waals surface area contributed by atoms with Crippen LogP contribution in [0.15, 0.2) is 120 Å². The Balaban J connectivity index is 1.12. The van der Waals surface area contributed by atoms with Crippen LogP contribution in [0.2, 0.25) is 0 Å². The molecule has 4 rings (SSSR count). The van der Waals surface area contributed by atoms with Gasteiger partial charge in [-0.1, -0.05) is 117 Å². The highest BCUT2D eigenvalue weighted by Crippen LogP contribution is 2.30. The number of nitrogens with one attached hydrogen (secondary N) is 1. The second-order valence-electron chi connectivity index (χ2n) is 10.8. The number of aliphatic imine (C=N–C) groups is 1. The van der Waals surface area contributed by atoms with Crippen LogP contribution in [0.25, 0.3) is 0 Å². The maximum absolute atomic E-state index is 13.4. The van der Waals surface area contributed by atoms with Gasteiger partial charge in [0.05, 0.1) is 6.61 Å². The van der Waals surface area contributed by atoms with Crippen molar-refractivity contribution in [1.29, 1.82) is 0 Å². The zero-order chi connectivity index (χ0) is 30.8. The molecule has 7 heteroatoms. The third-order valence-electron chi connectivity index (χ3n) is 7.40. The molecule has 0 spiro atoms. The van der Waals surface area contributed by atoms with Crippen molar-refractivity contribution in [3.8, 4) is 11.5 Å². The average molecular weight is 593 g/mol. The van der Waals surface area contributed by atoms with E-state index in [1.165, 1.54) is 0 Å². The summed E-state index contributed by atoms with van der Waals surface area (Å²) in [5, 5.41) is 3.07. The summed E-state index contributed by atoms with van der Waals surface area (Å²) < 4.78 is 11.7. The zero-order valence-corrected chi connectivity index (χ0v) is 25.3. The van der Waals surface area contributed by atoms with Crippen molar-refractivity contribution in [3.05, 3.63) is 132 Å². The number of amides is 1. The van der Waals surface area contributed by atoms with Crippen LogP contribution in [0, 0.1) is 0 Å². The minimum Gasteiger partial charge on any atom is -0.494 e. The number of ether oxygens (including phenoxy) is 2. The van der Waals surface area contributed by atoms with E-state index in [1.54, 1.807) is 0 Å². The van der Waals surface area contributed by atoms with Crippen LogP contribution in [-0.2, 0) is 11.4 Å². The lowest BCUT2D eigenvalue weighted by atomic mass is 9.84. The van der Waals surface area contributed by atoms with Gasteiger partial charge >= 0.3 is 0 Å². The number of hydrogen-bond donors (Lipinski definition) is 3. The summed E-state index contributed by atoms with van der Waals surface area (Å²) >= 11 is 0. The quantitative estimate of drug-likeness (QED) is 0.0687. The van der Waals surface area contributed by atoms with E-state index in [4.69, 9.17) is 20.9 Å². The first-order valence-electron chi connectivity index (χ1n) is 15.5. The summed E-state index contributed by atoms with van der Waals surface area (Å²) in [5.41, 5.74) is 14.7. The molecular formula is C37H44N4O3. The highest BCUT2D eigenvalue weighted by atomic mass is 16.5. The number of benzene rings is 4. The molecule has 0 aromatic heterocycles. The first-order valence-corrected chi connectivity index (χ1v) is 15.5. The van der Waals surface area contributed by atoms with Gasteiger partial charge in [0.1, 0.15) is 24.1 Å². The molecule has 0 saturated heterocycles. The number of nitrogens with zero attached hydrogens (tertiary/aromatic N) is 1. The number of carbonyl (C=O) groups is 1. The number of guanidine groups is 1. The van der Waals surface area contributed by atoms with Crippen molar-refractivity contribution < 1.29 is 14.3 Å².